The van der Waals surface area contributed by atoms with Gasteiger partial charge in [0.25, 0.3) is 0 Å². The number of primary amides is 1. The number of amides is 1. The Morgan fingerprint density at radius 1 is 0.920 bits per heavy atom. The maximum Gasteiger partial charge on any atom is 0.239 e. The van der Waals surface area contributed by atoms with Crippen LogP contribution in [-0.2, 0) is 4.79 Å². The fourth-order valence-electron chi connectivity index (χ4n) is 2.75. The minimum atomic E-state index is -0.529. The summed E-state index contributed by atoms with van der Waals surface area (Å²) in [6, 6.07) is 17.0. The molecule has 0 aliphatic rings. The molecular weight excluding hydrogens is 312 g/mol. The highest BCUT2D eigenvalue weighted by Gasteiger charge is 2.20. The summed E-state index contributed by atoms with van der Waals surface area (Å²) in [4.78, 5) is 19.9. The third-order valence-electron chi connectivity index (χ3n) is 4.14. The monoisotopic (exact) mass is 332 g/mol. The van der Waals surface area contributed by atoms with E-state index in [1.54, 1.807) is 12.4 Å². The molecule has 1 heterocycles. The first-order chi connectivity index (χ1) is 12.1. The van der Waals surface area contributed by atoms with Crippen molar-refractivity contribution in [3.05, 3.63) is 84.4 Å². The van der Waals surface area contributed by atoms with Gasteiger partial charge in [0.2, 0.25) is 5.91 Å². The van der Waals surface area contributed by atoms with Crippen molar-refractivity contribution >= 4 is 5.91 Å². The maximum atomic E-state index is 11.9. The summed E-state index contributed by atoms with van der Waals surface area (Å²) >= 11 is 0. The Morgan fingerprint density at radius 3 is 2.16 bits per heavy atom. The van der Waals surface area contributed by atoms with Crippen LogP contribution < -0.4 is 11.1 Å². The second-order valence-electron chi connectivity index (χ2n) is 5.88. The molecule has 0 unspecified atom stereocenters. The molecule has 2 atom stereocenters. The van der Waals surface area contributed by atoms with Gasteiger partial charge in [0.15, 0.2) is 0 Å². The van der Waals surface area contributed by atoms with Gasteiger partial charge in [-0.1, -0.05) is 54.6 Å². The van der Waals surface area contributed by atoms with Gasteiger partial charge in [-0.25, -0.2) is 9.97 Å². The molecule has 0 bridgehead atoms. The molecule has 3 rings (SSSR count). The van der Waals surface area contributed by atoms with Gasteiger partial charge in [-0.2, -0.15) is 0 Å². The number of carbonyl (C=O) groups excluding carboxylic acids is 1. The van der Waals surface area contributed by atoms with Crippen LogP contribution in [0, 0.1) is 0 Å². The first-order valence-electron chi connectivity index (χ1n) is 8.11. The van der Waals surface area contributed by atoms with Crippen molar-refractivity contribution in [2.24, 2.45) is 5.73 Å². The van der Waals surface area contributed by atoms with Crippen molar-refractivity contribution in [2.75, 3.05) is 0 Å². The number of aromatic nitrogens is 2. The van der Waals surface area contributed by atoms with Crippen LogP contribution in [0.15, 0.2) is 73.3 Å². The minimum absolute atomic E-state index is 0.0289. The zero-order valence-electron chi connectivity index (χ0n) is 14.0. The third kappa shape index (κ3) is 4.08. The van der Waals surface area contributed by atoms with E-state index >= 15 is 0 Å². The van der Waals surface area contributed by atoms with Crippen molar-refractivity contribution in [2.45, 2.75) is 19.0 Å². The van der Waals surface area contributed by atoms with Crippen LogP contribution in [0.4, 0.5) is 0 Å². The smallest absolute Gasteiger partial charge is 0.239 e. The number of nitrogens with two attached hydrogens (primary N) is 1. The van der Waals surface area contributed by atoms with Crippen molar-refractivity contribution in [1.82, 2.24) is 15.3 Å². The van der Waals surface area contributed by atoms with Gasteiger partial charge in [0.1, 0.15) is 12.4 Å². The van der Waals surface area contributed by atoms with Gasteiger partial charge in [-0.3, -0.25) is 10.1 Å². The summed E-state index contributed by atoms with van der Waals surface area (Å²) in [5.41, 5.74) is 9.53. The molecular formula is C20H20N4O. The van der Waals surface area contributed by atoms with E-state index in [0.29, 0.717) is 0 Å². The highest BCUT2D eigenvalue weighted by Crippen LogP contribution is 2.23. The van der Waals surface area contributed by atoms with E-state index in [0.717, 1.165) is 22.3 Å². The third-order valence-corrected chi connectivity index (χ3v) is 4.14. The number of hydrogen-bond acceptors (Lipinski definition) is 4. The zero-order chi connectivity index (χ0) is 17.6. The number of hydrogen-bond donors (Lipinski definition) is 2. The molecule has 1 amide bonds. The Kier molecular flexibility index (Phi) is 5.16. The molecule has 3 N–H and O–H groups in total. The molecule has 1 aromatic heterocycles. The lowest BCUT2D eigenvalue weighted by Crippen LogP contribution is -2.35. The normalized spacial score (nSPS) is 13.2. The highest BCUT2D eigenvalue weighted by molar-refractivity contribution is 5.81. The van der Waals surface area contributed by atoms with Gasteiger partial charge in [0.05, 0.1) is 0 Å². The summed E-state index contributed by atoms with van der Waals surface area (Å²) in [5.74, 6) is -0.392. The van der Waals surface area contributed by atoms with Crippen molar-refractivity contribution in [3.63, 3.8) is 0 Å². The molecule has 2 aromatic carbocycles. The van der Waals surface area contributed by atoms with Crippen LogP contribution in [0.1, 0.15) is 30.1 Å². The van der Waals surface area contributed by atoms with Gasteiger partial charge >= 0.3 is 0 Å². The Hall–Kier alpha value is -3.05. The van der Waals surface area contributed by atoms with Crippen LogP contribution in [0.2, 0.25) is 0 Å². The van der Waals surface area contributed by atoms with Gasteiger partial charge in [-0.15, -0.1) is 0 Å². The Labute approximate surface area is 146 Å². The van der Waals surface area contributed by atoms with E-state index < -0.39 is 11.9 Å². The van der Waals surface area contributed by atoms with Gasteiger partial charge in [-0.05, 0) is 23.6 Å². The van der Waals surface area contributed by atoms with Crippen molar-refractivity contribution < 1.29 is 4.79 Å². The molecule has 5 nitrogen and oxygen atoms in total. The van der Waals surface area contributed by atoms with E-state index in [2.05, 4.69) is 15.3 Å². The molecule has 3 aromatic rings. The van der Waals surface area contributed by atoms with E-state index in [4.69, 9.17) is 5.73 Å². The average molecular weight is 332 g/mol. The Balaban J connectivity index is 1.76. The predicted octanol–water partition coefficient (Wildman–Crippen LogP) is 3.02. The number of nitrogens with zero attached hydrogens (tertiary/aromatic N) is 2. The molecule has 5 heteroatoms. The lowest BCUT2D eigenvalue weighted by molar-refractivity contribution is -0.120. The molecule has 0 aliphatic carbocycles. The van der Waals surface area contributed by atoms with Crippen molar-refractivity contribution in [3.8, 4) is 11.1 Å². The largest absolute Gasteiger partial charge is 0.368 e. The summed E-state index contributed by atoms with van der Waals surface area (Å²) in [6.07, 6.45) is 5.07. The van der Waals surface area contributed by atoms with E-state index in [1.165, 1.54) is 6.33 Å². The molecule has 0 aliphatic heterocycles. The standard InChI is InChI=1S/C20H20N4O/c1-14(24-19(20(21)25)17-5-3-2-4-6-17)15-7-9-16(10-8-15)18-11-22-13-23-12-18/h2-14,19,24H,1H3,(H2,21,25)/t14-,19-/m1/s1. The van der Waals surface area contributed by atoms with Crippen LogP contribution in [0.3, 0.4) is 0 Å². The number of benzene rings is 2. The predicted molar refractivity (Wildman–Crippen MR) is 97.4 cm³/mol. The van der Waals surface area contributed by atoms with E-state index in [-0.39, 0.29) is 6.04 Å². The van der Waals surface area contributed by atoms with Gasteiger partial charge < -0.3 is 5.73 Å². The first kappa shape index (κ1) is 16.8. The fraction of sp³-hybridized carbons (Fsp3) is 0.150. The Bertz CT molecular complexity index is 819. The highest BCUT2D eigenvalue weighted by atomic mass is 16.1. The van der Waals surface area contributed by atoms with E-state index in [1.807, 2.05) is 61.5 Å². The Morgan fingerprint density at radius 2 is 1.56 bits per heavy atom. The lowest BCUT2D eigenvalue weighted by Gasteiger charge is -2.22. The molecule has 0 spiro atoms. The van der Waals surface area contributed by atoms with Crippen LogP contribution in [0.25, 0.3) is 11.1 Å². The molecule has 0 saturated carbocycles. The number of carbonyl (C=O) groups is 1. The summed E-state index contributed by atoms with van der Waals surface area (Å²) in [6.45, 7) is 2.01. The van der Waals surface area contributed by atoms with Crippen molar-refractivity contribution in [1.29, 1.82) is 0 Å². The SMILES string of the molecule is C[C@@H](N[C@@H](C(N)=O)c1ccccc1)c1ccc(-c2cncnc2)cc1. The van der Waals surface area contributed by atoms with Crippen LogP contribution >= 0.6 is 0 Å². The quantitative estimate of drug-likeness (QED) is 0.727. The summed E-state index contributed by atoms with van der Waals surface area (Å²) < 4.78 is 0. The van der Waals surface area contributed by atoms with E-state index in [9.17, 15) is 4.79 Å². The average Bonchev–Trinajstić information content (AvgIpc) is 2.67. The fourth-order valence-corrected chi connectivity index (χ4v) is 2.75. The molecule has 126 valence electrons. The summed E-state index contributed by atoms with van der Waals surface area (Å²) in [5, 5.41) is 3.31. The maximum absolute atomic E-state index is 11.9. The second-order valence-corrected chi connectivity index (χ2v) is 5.88. The minimum Gasteiger partial charge on any atom is -0.368 e. The van der Waals surface area contributed by atoms with Crippen LogP contribution in [-0.4, -0.2) is 15.9 Å². The lowest BCUT2D eigenvalue weighted by atomic mass is 10.0. The topological polar surface area (TPSA) is 80.9 Å². The molecule has 0 saturated heterocycles. The molecule has 0 radical (unpaired) electrons. The molecule has 0 fully saturated rings. The zero-order valence-corrected chi connectivity index (χ0v) is 14.0. The van der Waals surface area contributed by atoms with Crippen LogP contribution in [0.5, 0.6) is 0 Å². The van der Waals surface area contributed by atoms with Gasteiger partial charge in [0, 0.05) is 24.0 Å². The molecule has 25 heavy (non-hydrogen) atoms. The number of rotatable bonds is 6. The summed E-state index contributed by atoms with van der Waals surface area (Å²) in [7, 11) is 0. The second kappa shape index (κ2) is 7.68. The first-order valence-corrected chi connectivity index (χ1v) is 8.11. The number of nitrogens with one attached hydrogen (secondary N) is 1.